The third kappa shape index (κ3) is 5.72. The molecule has 0 aromatic heterocycles. The van der Waals surface area contributed by atoms with Gasteiger partial charge in [0.25, 0.3) is 0 Å². The van der Waals surface area contributed by atoms with Gasteiger partial charge in [0.2, 0.25) is 0 Å². The SMILES string of the molecule is CC(CCCO)NCCOc1ccccc1C(=O)O. The number of para-hydroxylation sites is 1. The molecule has 0 heterocycles. The van der Waals surface area contributed by atoms with E-state index in [4.69, 9.17) is 14.9 Å². The Labute approximate surface area is 113 Å². The van der Waals surface area contributed by atoms with Crippen molar-refractivity contribution in [1.82, 2.24) is 5.32 Å². The number of carbonyl (C=O) groups is 1. The van der Waals surface area contributed by atoms with Crippen LogP contribution in [0, 0.1) is 0 Å². The molecule has 1 aromatic carbocycles. The summed E-state index contributed by atoms with van der Waals surface area (Å²) >= 11 is 0. The lowest BCUT2D eigenvalue weighted by atomic mass is 10.2. The van der Waals surface area contributed by atoms with Gasteiger partial charge in [0, 0.05) is 19.2 Å². The fourth-order valence-corrected chi connectivity index (χ4v) is 1.74. The molecule has 0 radical (unpaired) electrons. The molecule has 3 N–H and O–H groups in total. The fraction of sp³-hybridized carbons (Fsp3) is 0.500. The van der Waals surface area contributed by atoms with Crippen LogP contribution in [0.3, 0.4) is 0 Å². The second-order valence-corrected chi connectivity index (χ2v) is 4.37. The predicted octanol–water partition coefficient (Wildman–Crippen LogP) is 1.51. The van der Waals surface area contributed by atoms with E-state index in [2.05, 4.69) is 5.32 Å². The van der Waals surface area contributed by atoms with E-state index in [9.17, 15) is 4.79 Å². The van der Waals surface area contributed by atoms with Crippen molar-refractivity contribution in [1.29, 1.82) is 0 Å². The predicted molar refractivity (Wildman–Crippen MR) is 72.7 cm³/mol. The summed E-state index contributed by atoms with van der Waals surface area (Å²) in [6.07, 6.45) is 1.68. The van der Waals surface area contributed by atoms with Crippen molar-refractivity contribution in [2.24, 2.45) is 0 Å². The quantitative estimate of drug-likeness (QED) is 0.591. The zero-order valence-electron chi connectivity index (χ0n) is 11.1. The Kier molecular flexibility index (Phi) is 6.92. The molecular formula is C14H21NO4. The average Bonchev–Trinajstić information content (AvgIpc) is 2.41. The van der Waals surface area contributed by atoms with Crippen molar-refractivity contribution < 1.29 is 19.7 Å². The van der Waals surface area contributed by atoms with Crippen LogP contribution in [0.15, 0.2) is 24.3 Å². The van der Waals surface area contributed by atoms with Gasteiger partial charge >= 0.3 is 5.97 Å². The number of carboxylic acid groups (broad SMARTS) is 1. The molecule has 1 aromatic rings. The Balaban J connectivity index is 2.31. The molecule has 0 bridgehead atoms. The minimum absolute atomic E-state index is 0.177. The Hall–Kier alpha value is -1.59. The van der Waals surface area contributed by atoms with Gasteiger partial charge < -0.3 is 20.3 Å². The first-order valence-corrected chi connectivity index (χ1v) is 6.44. The average molecular weight is 267 g/mol. The number of ether oxygens (including phenoxy) is 1. The van der Waals surface area contributed by atoms with E-state index in [1.807, 2.05) is 6.92 Å². The summed E-state index contributed by atoms with van der Waals surface area (Å²) in [5.41, 5.74) is 0.177. The van der Waals surface area contributed by atoms with Gasteiger partial charge in [-0.15, -0.1) is 0 Å². The number of aliphatic hydroxyl groups is 1. The lowest BCUT2D eigenvalue weighted by Gasteiger charge is -2.14. The maximum atomic E-state index is 11.0. The number of rotatable bonds is 9. The summed E-state index contributed by atoms with van der Waals surface area (Å²) in [6, 6.07) is 6.91. The van der Waals surface area contributed by atoms with E-state index in [1.165, 1.54) is 6.07 Å². The standard InChI is InChI=1S/C14H21NO4/c1-11(5-4-9-16)15-8-10-19-13-7-3-2-6-12(13)14(17)18/h2-3,6-7,11,15-16H,4-5,8-10H2,1H3,(H,17,18). The first-order valence-electron chi connectivity index (χ1n) is 6.44. The molecule has 0 saturated heterocycles. The smallest absolute Gasteiger partial charge is 0.339 e. The minimum Gasteiger partial charge on any atom is -0.491 e. The van der Waals surface area contributed by atoms with Gasteiger partial charge in [0.1, 0.15) is 17.9 Å². The summed E-state index contributed by atoms with van der Waals surface area (Å²) in [4.78, 5) is 11.0. The van der Waals surface area contributed by atoms with E-state index in [-0.39, 0.29) is 12.2 Å². The third-order valence-corrected chi connectivity index (χ3v) is 2.77. The monoisotopic (exact) mass is 267 g/mol. The van der Waals surface area contributed by atoms with Crippen molar-refractivity contribution in [3.8, 4) is 5.75 Å². The van der Waals surface area contributed by atoms with E-state index >= 15 is 0 Å². The van der Waals surface area contributed by atoms with Gasteiger partial charge in [-0.3, -0.25) is 0 Å². The van der Waals surface area contributed by atoms with Crippen LogP contribution < -0.4 is 10.1 Å². The molecule has 0 amide bonds. The Morgan fingerprint density at radius 3 is 2.84 bits per heavy atom. The highest BCUT2D eigenvalue weighted by Crippen LogP contribution is 2.17. The Morgan fingerprint density at radius 1 is 1.42 bits per heavy atom. The molecule has 1 atom stereocenters. The molecule has 19 heavy (non-hydrogen) atoms. The summed E-state index contributed by atoms with van der Waals surface area (Å²) < 4.78 is 5.46. The first kappa shape index (κ1) is 15.5. The number of carboxylic acids is 1. The van der Waals surface area contributed by atoms with Gasteiger partial charge in [-0.1, -0.05) is 12.1 Å². The van der Waals surface area contributed by atoms with E-state index < -0.39 is 5.97 Å². The molecule has 0 aliphatic heterocycles. The summed E-state index contributed by atoms with van der Waals surface area (Å²) in [5.74, 6) is -0.598. The number of aliphatic hydroxyl groups excluding tert-OH is 1. The Bertz CT molecular complexity index is 395. The van der Waals surface area contributed by atoms with Crippen LogP contribution in [-0.2, 0) is 0 Å². The van der Waals surface area contributed by atoms with Gasteiger partial charge in [-0.2, -0.15) is 0 Å². The lowest BCUT2D eigenvalue weighted by molar-refractivity contribution is 0.0692. The third-order valence-electron chi connectivity index (χ3n) is 2.77. The van der Waals surface area contributed by atoms with Crippen molar-refractivity contribution >= 4 is 5.97 Å². The molecule has 5 nitrogen and oxygen atoms in total. The van der Waals surface area contributed by atoms with Crippen LogP contribution in [0.2, 0.25) is 0 Å². The molecule has 1 unspecified atom stereocenters. The van der Waals surface area contributed by atoms with Crippen LogP contribution in [0.1, 0.15) is 30.1 Å². The molecule has 0 aliphatic rings. The topological polar surface area (TPSA) is 78.8 Å². The summed E-state index contributed by atoms with van der Waals surface area (Å²) in [6.45, 7) is 3.30. The number of hydrogen-bond donors (Lipinski definition) is 3. The molecule has 1 rings (SSSR count). The van der Waals surface area contributed by atoms with Crippen molar-refractivity contribution in [3.63, 3.8) is 0 Å². The van der Waals surface area contributed by atoms with Gasteiger partial charge in [0.15, 0.2) is 0 Å². The molecular weight excluding hydrogens is 246 g/mol. The number of hydrogen-bond acceptors (Lipinski definition) is 4. The molecule has 0 fully saturated rings. The molecule has 5 heteroatoms. The molecule has 0 aliphatic carbocycles. The number of aromatic carboxylic acids is 1. The van der Waals surface area contributed by atoms with Gasteiger partial charge in [0.05, 0.1) is 0 Å². The second kappa shape index (κ2) is 8.50. The highest BCUT2D eigenvalue weighted by molar-refractivity contribution is 5.90. The maximum Gasteiger partial charge on any atom is 0.339 e. The first-order chi connectivity index (χ1) is 9.15. The largest absolute Gasteiger partial charge is 0.491 e. The van der Waals surface area contributed by atoms with Gasteiger partial charge in [-0.25, -0.2) is 4.79 Å². The van der Waals surface area contributed by atoms with Crippen LogP contribution in [-0.4, -0.2) is 42.0 Å². The number of benzene rings is 1. The zero-order chi connectivity index (χ0) is 14.1. The van der Waals surface area contributed by atoms with Crippen molar-refractivity contribution in [2.45, 2.75) is 25.8 Å². The van der Waals surface area contributed by atoms with Crippen LogP contribution >= 0.6 is 0 Å². The second-order valence-electron chi connectivity index (χ2n) is 4.37. The van der Waals surface area contributed by atoms with Crippen LogP contribution in [0.25, 0.3) is 0 Å². The normalized spacial score (nSPS) is 12.1. The minimum atomic E-state index is -0.986. The highest BCUT2D eigenvalue weighted by Gasteiger charge is 2.09. The Morgan fingerprint density at radius 2 is 2.16 bits per heavy atom. The highest BCUT2D eigenvalue weighted by atomic mass is 16.5. The van der Waals surface area contributed by atoms with E-state index in [0.717, 1.165) is 12.8 Å². The summed E-state index contributed by atoms with van der Waals surface area (Å²) in [7, 11) is 0. The van der Waals surface area contributed by atoms with Crippen molar-refractivity contribution in [2.75, 3.05) is 19.8 Å². The lowest BCUT2D eigenvalue weighted by Crippen LogP contribution is -2.30. The molecule has 106 valence electrons. The molecule has 0 spiro atoms. The molecule has 0 saturated carbocycles. The van der Waals surface area contributed by atoms with Crippen LogP contribution in [0.4, 0.5) is 0 Å². The van der Waals surface area contributed by atoms with Crippen LogP contribution in [0.5, 0.6) is 5.75 Å². The zero-order valence-corrected chi connectivity index (χ0v) is 11.1. The fourth-order valence-electron chi connectivity index (χ4n) is 1.74. The maximum absolute atomic E-state index is 11.0. The van der Waals surface area contributed by atoms with Gasteiger partial charge in [-0.05, 0) is 31.9 Å². The number of nitrogens with one attached hydrogen (secondary N) is 1. The van der Waals surface area contributed by atoms with E-state index in [0.29, 0.717) is 24.9 Å². The van der Waals surface area contributed by atoms with E-state index in [1.54, 1.807) is 18.2 Å². The summed E-state index contributed by atoms with van der Waals surface area (Å²) in [5, 5.41) is 21.0. The van der Waals surface area contributed by atoms with Crippen molar-refractivity contribution in [3.05, 3.63) is 29.8 Å².